The predicted molar refractivity (Wildman–Crippen MR) is 79.5 cm³/mol. The van der Waals surface area contributed by atoms with E-state index in [1.807, 2.05) is 0 Å². The van der Waals surface area contributed by atoms with Gasteiger partial charge < -0.3 is 5.32 Å². The molecule has 1 aliphatic rings. The van der Waals surface area contributed by atoms with Gasteiger partial charge in [0, 0.05) is 6.04 Å². The zero-order valence-electron chi connectivity index (χ0n) is 11.1. The van der Waals surface area contributed by atoms with Crippen LogP contribution in [0.25, 0.3) is 5.69 Å². The van der Waals surface area contributed by atoms with Crippen LogP contribution in [0, 0.1) is 0 Å². The average Bonchev–Trinajstić information content (AvgIpc) is 2.94. The minimum absolute atomic E-state index is 0.120. The Morgan fingerprint density at radius 2 is 2.24 bits per heavy atom. The van der Waals surface area contributed by atoms with Crippen LogP contribution in [0.15, 0.2) is 24.5 Å². The van der Waals surface area contributed by atoms with E-state index in [1.165, 1.54) is 11.0 Å². The average molecular weight is 328 g/mol. The Balaban J connectivity index is 1.83. The molecule has 2 heterocycles. The van der Waals surface area contributed by atoms with Crippen LogP contribution in [0.1, 0.15) is 12.8 Å². The van der Waals surface area contributed by atoms with Crippen LogP contribution in [0.2, 0.25) is 5.02 Å². The maximum absolute atomic E-state index is 11.7. The normalized spacial score (nSPS) is 21.1. The third kappa shape index (κ3) is 3.33. The largest absolute Gasteiger partial charge is 0.380 e. The summed E-state index contributed by atoms with van der Waals surface area (Å²) in [6.07, 6.45) is 2.97. The molecule has 21 heavy (non-hydrogen) atoms. The molecule has 0 saturated carbocycles. The van der Waals surface area contributed by atoms with Gasteiger partial charge in [0.25, 0.3) is 0 Å². The fraction of sp³-hybridized carbons (Fsp3) is 0.417. The van der Waals surface area contributed by atoms with Crippen molar-refractivity contribution in [3.63, 3.8) is 0 Å². The fourth-order valence-electron chi connectivity index (χ4n) is 2.40. The zero-order chi connectivity index (χ0) is 14.9. The Kier molecular flexibility index (Phi) is 3.81. The quantitative estimate of drug-likeness (QED) is 0.914. The van der Waals surface area contributed by atoms with E-state index in [2.05, 4.69) is 20.8 Å². The maximum atomic E-state index is 11.7. The van der Waals surface area contributed by atoms with Crippen molar-refractivity contribution in [2.45, 2.75) is 18.9 Å². The minimum atomic E-state index is -2.96. The number of anilines is 1. The number of aromatic nitrogens is 4. The predicted octanol–water partition coefficient (Wildman–Crippen LogP) is 1.30. The third-order valence-corrected chi connectivity index (χ3v) is 5.54. The molecule has 1 aromatic heterocycles. The summed E-state index contributed by atoms with van der Waals surface area (Å²) in [6, 6.07) is 5.21. The van der Waals surface area contributed by atoms with Crippen molar-refractivity contribution in [1.29, 1.82) is 0 Å². The number of rotatable bonds is 3. The maximum Gasteiger partial charge on any atom is 0.152 e. The number of hydrogen-bond acceptors (Lipinski definition) is 6. The van der Waals surface area contributed by atoms with Crippen molar-refractivity contribution >= 4 is 27.1 Å². The van der Waals surface area contributed by atoms with Gasteiger partial charge in [-0.25, -0.2) is 13.1 Å². The third-order valence-electron chi connectivity index (χ3n) is 3.39. The van der Waals surface area contributed by atoms with Crippen LogP contribution in [0.3, 0.4) is 0 Å². The molecule has 1 saturated heterocycles. The van der Waals surface area contributed by atoms with Gasteiger partial charge in [-0.3, -0.25) is 0 Å². The van der Waals surface area contributed by atoms with Crippen molar-refractivity contribution < 1.29 is 8.42 Å². The Hall–Kier alpha value is -1.67. The van der Waals surface area contributed by atoms with E-state index in [9.17, 15) is 8.42 Å². The first-order valence-corrected chi connectivity index (χ1v) is 8.73. The lowest BCUT2D eigenvalue weighted by Crippen LogP contribution is -2.34. The molecule has 7 nitrogen and oxygen atoms in total. The molecule has 112 valence electrons. The van der Waals surface area contributed by atoms with Gasteiger partial charge in [0.2, 0.25) is 0 Å². The number of nitrogens with zero attached hydrogens (tertiary/aromatic N) is 4. The Bertz CT molecular complexity index is 732. The van der Waals surface area contributed by atoms with Crippen LogP contribution in [-0.4, -0.2) is 46.2 Å². The molecular weight excluding hydrogens is 314 g/mol. The lowest BCUT2D eigenvalue weighted by molar-refractivity contribution is 0.562. The van der Waals surface area contributed by atoms with Crippen LogP contribution in [0.4, 0.5) is 5.69 Å². The highest BCUT2D eigenvalue weighted by Gasteiger charge is 2.25. The molecular formula is C12H14ClN5O2S. The first kappa shape index (κ1) is 14.3. The molecule has 0 spiro atoms. The van der Waals surface area contributed by atoms with Gasteiger partial charge in [0.05, 0.1) is 27.9 Å². The molecule has 0 amide bonds. The fourth-order valence-corrected chi connectivity index (χ4v) is 4.21. The number of hydrogen-bond donors (Lipinski definition) is 1. The van der Waals surface area contributed by atoms with Crippen molar-refractivity contribution in [2.24, 2.45) is 0 Å². The highest BCUT2D eigenvalue weighted by Crippen LogP contribution is 2.27. The van der Waals surface area contributed by atoms with E-state index < -0.39 is 9.84 Å². The van der Waals surface area contributed by atoms with Gasteiger partial charge >= 0.3 is 0 Å². The lowest BCUT2D eigenvalue weighted by atomic mass is 10.1. The number of benzene rings is 1. The minimum Gasteiger partial charge on any atom is -0.380 e. The van der Waals surface area contributed by atoms with Crippen molar-refractivity contribution in [3.8, 4) is 5.69 Å². The first-order valence-electron chi connectivity index (χ1n) is 6.53. The summed E-state index contributed by atoms with van der Waals surface area (Å²) in [5, 5.41) is 14.7. The summed E-state index contributed by atoms with van der Waals surface area (Å²) in [5.74, 6) is 0.405. The summed E-state index contributed by atoms with van der Waals surface area (Å²) in [7, 11) is -2.96. The van der Waals surface area contributed by atoms with Crippen molar-refractivity contribution in [2.75, 3.05) is 16.8 Å². The Morgan fingerprint density at radius 3 is 2.95 bits per heavy atom. The molecule has 1 fully saturated rings. The van der Waals surface area contributed by atoms with Gasteiger partial charge in [-0.1, -0.05) is 11.6 Å². The van der Waals surface area contributed by atoms with E-state index in [0.29, 0.717) is 17.1 Å². The molecule has 0 bridgehead atoms. The second-order valence-electron chi connectivity index (χ2n) is 5.02. The summed E-state index contributed by atoms with van der Waals surface area (Å²) in [6.45, 7) is 0. The number of halogens is 1. The van der Waals surface area contributed by atoms with Crippen LogP contribution in [0.5, 0.6) is 0 Å². The van der Waals surface area contributed by atoms with Crippen molar-refractivity contribution in [3.05, 3.63) is 29.5 Å². The standard InChI is InChI=1S/C12H14ClN5O2S/c13-11-4-3-10(18-8-14-16-17-18)6-12(11)15-9-2-1-5-21(19,20)7-9/h3-4,6,8-9,15H,1-2,5,7H2. The van der Waals surface area contributed by atoms with Gasteiger partial charge in [-0.15, -0.1) is 5.10 Å². The molecule has 9 heteroatoms. The molecule has 1 atom stereocenters. The van der Waals surface area contributed by atoms with E-state index in [4.69, 9.17) is 11.6 Å². The lowest BCUT2D eigenvalue weighted by Gasteiger charge is -2.24. The second-order valence-corrected chi connectivity index (χ2v) is 7.65. The molecule has 2 aromatic rings. The Morgan fingerprint density at radius 1 is 1.38 bits per heavy atom. The van der Waals surface area contributed by atoms with Crippen molar-refractivity contribution in [1.82, 2.24) is 20.2 Å². The monoisotopic (exact) mass is 327 g/mol. The number of tetrazole rings is 1. The summed E-state index contributed by atoms with van der Waals surface area (Å²) in [5.41, 5.74) is 1.44. The second kappa shape index (κ2) is 5.61. The smallest absolute Gasteiger partial charge is 0.152 e. The molecule has 1 unspecified atom stereocenters. The topological polar surface area (TPSA) is 89.8 Å². The van der Waals surface area contributed by atoms with Gasteiger partial charge in [0.15, 0.2) is 9.84 Å². The van der Waals surface area contributed by atoms with Gasteiger partial charge in [0.1, 0.15) is 6.33 Å². The van der Waals surface area contributed by atoms with Gasteiger partial charge in [-0.05, 0) is 41.5 Å². The molecule has 1 aliphatic heterocycles. The van der Waals surface area contributed by atoms with E-state index >= 15 is 0 Å². The van der Waals surface area contributed by atoms with E-state index in [1.54, 1.807) is 18.2 Å². The SMILES string of the molecule is O=S1(=O)CCCC(Nc2cc(-n3cnnn3)ccc2Cl)C1. The van der Waals surface area contributed by atoms with Crippen LogP contribution >= 0.6 is 11.6 Å². The number of nitrogens with one attached hydrogen (secondary N) is 1. The van der Waals surface area contributed by atoms with E-state index in [-0.39, 0.29) is 17.5 Å². The number of sulfone groups is 1. The molecule has 1 aromatic carbocycles. The highest BCUT2D eigenvalue weighted by atomic mass is 35.5. The summed E-state index contributed by atoms with van der Waals surface area (Å²) in [4.78, 5) is 0. The van der Waals surface area contributed by atoms with Crippen LogP contribution in [-0.2, 0) is 9.84 Å². The summed E-state index contributed by atoms with van der Waals surface area (Å²) >= 11 is 6.18. The van der Waals surface area contributed by atoms with Crippen LogP contribution < -0.4 is 5.32 Å². The van der Waals surface area contributed by atoms with E-state index in [0.717, 1.165) is 12.1 Å². The van der Waals surface area contributed by atoms with Gasteiger partial charge in [-0.2, -0.15) is 0 Å². The molecule has 3 rings (SSSR count). The molecule has 0 aliphatic carbocycles. The molecule has 0 radical (unpaired) electrons. The molecule has 1 N–H and O–H groups in total. The first-order chi connectivity index (χ1) is 10.0. The highest BCUT2D eigenvalue weighted by molar-refractivity contribution is 7.91. The zero-order valence-corrected chi connectivity index (χ0v) is 12.7. The summed E-state index contributed by atoms with van der Waals surface area (Å²) < 4.78 is 24.9. The Labute approximate surface area is 127 Å².